The average Bonchev–Trinajstić information content (AvgIpc) is 3.24. The summed E-state index contributed by atoms with van der Waals surface area (Å²) in [7, 11) is 2.06. The molecule has 1 aliphatic heterocycles. The summed E-state index contributed by atoms with van der Waals surface area (Å²) in [6.07, 6.45) is 0. The molecule has 2 heterocycles. The molecule has 3 aromatic carbocycles. The molecule has 1 aromatic heterocycles. The van der Waals surface area contributed by atoms with E-state index < -0.39 is 0 Å². The van der Waals surface area contributed by atoms with E-state index in [4.69, 9.17) is 0 Å². The first kappa shape index (κ1) is 22.0. The van der Waals surface area contributed by atoms with E-state index >= 15 is 0 Å². The minimum absolute atomic E-state index is 0.00704. The van der Waals surface area contributed by atoms with E-state index in [0.717, 1.165) is 33.3 Å². The lowest BCUT2D eigenvalue weighted by atomic mass is 9.93. The van der Waals surface area contributed by atoms with Gasteiger partial charge in [-0.2, -0.15) is 0 Å². The van der Waals surface area contributed by atoms with Crippen LogP contribution in [0.25, 0.3) is 22.2 Å². The van der Waals surface area contributed by atoms with Crippen molar-refractivity contribution in [2.24, 2.45) is 7.05 Å². The maximum absolute atomic E-state index is 13.6. The normalized spacial score (nSPS) is 15.6. The summed E-state index contributed by atoms with van der Waals surface area (Å²) in [6, 6.07) is 25.9. The zero-order valence-electron chi connectivity index (χ0n) is 20.0. The van der Waals surface area contributed by atoms with Crippen LogP contribution >= 0.6 is 0 Å². The van der Waals surface area contributed by atoms with Crippen molar-refractivity contribution >= 4 is 22.7 Å². The molecule has 1 N–H and O–H groups in total. The van der Waals surface area contributed by atoms with E-state index in [0.29, 0.717) is 5.56 Å². The van der Waals surface area contributed by atoms with Gasteiger partial charge in [0.25, 0.3) is 5.91 Å². The lowest BCUT2D eigenvalue weighted by molar-refractivity contribution is -0.123. The van der Waals surface area contributed by atoms with Gasteiger partial charge in [-0.25, -0.2) is 0 Å². The van der Waals surface area contributed by atoms with Crippen LogP contribution in [0.4, 0.5) is 0 Å². The molecule has 0 spiro atoms. The summed E-state index contributed by atoms with van der Waals surface area (Å²) in [5.41, 5.74) is 5.48. The van der Waals surface area contributed by atoms with Crippen molar-refractivity contribution in [1.29, 1.82) is 0 Å². The Morgan fingerprint density at radius 3 is 2.29 bits per heavy atom. The van der Waals surface area contributed by atoms with Crippen molar-refractivity contribution in [3.05, 3.63) is 95.6 Å². The Balaban J connectivity index is 1.74. The molecule has 1 atom stereocenters. The van der Waals surface area contributed by atoms with Gasteiger partial charge < -0.3 is 14.8 Å². The Kier molecular flexibility index (Phi) is 5.28. The number of rotatable bonds is 4. The number of carbonyl (C=O) groups excluding carboxylic acids is 2. The van der Waals surface area contributed by atoms with Crippen LogP contribution in [0.5, 0.6) is 0 Å². The molecule has 1 unspecified atom stereocenters. The fourth-order valence-electron chi connectivity index (χ4n) is 5.10. The van der Waals surface area contributed by atoms with Crippen LogP contribution in [-0.2, 0) is 11.8 Å². The lowest BCUT2D eigenvalue weighted by Crippen LogP contribution is -2.46. The van der Waals surface area contributed by atoms with Crippen molar-refractivity contribution < 1.29 is 9.59 Å². The summed E-state index contributed by atoms with van der Waals surface area (Å²) < 4.78 is 2.19. The fourth-order valence-corrected chi connectivity index (χ4v) is 5.10. The highest BCUT2D eigenvalue weighted by molar-refractivity contribution is 6.03. The number of aryl methyl sites for hydroxylation is 1. The van der Waals surface area contributed by atoms with Crippen LogP contribution in [-0.4, -0.2) is 33.4 Å². The second-order valence-electron chi connectivity index (χ2n) is 9.93. The van der Waals surface area contributed by atoms with Gasteiger partial charge in [0.05, 0.1) is 11.7 Å². The predicted molar refractivity (Wildman–Crippen MR) is 136 cm³/mol. The van der Waals surface area contributed by atoms with Gasteiger partial charge in [0, 0.05) is 34.6 Å². The van der Waals surface area contributed by atoms with E-state index in [1.165, 1.54) is 0 Å². The summed E-state index contributed by atoms with van der Waals surface area (Å²) in [6.45, 7) is 5.83. The minimum Gasteiger partial charge on any atom is -0.350 e. The monoisotopic (exact) mass is 451 g/mol. The first-order valence-electron chi connectivity index (χ1n) is 11.6. The van der Waals surface area contributed by atoms with E-state index in [-0.39, 0.29) is 29.9 Å². The number of nitrogens with zero attached hydrogens (tertiary/aromatic N) is 2. The van der Waals surface area contributed by atoms with E-state index in [9.17, 15) is 9.59 Å². The molecule has 0 aliphatic carbocycles. The molecule has 0 saturated heterocycles. The first-order chi connectivity index (χ1) is 16.3. The smallest absolute Gasteiger partial charge is 0.255 e. The molecule has 2 amide bonds. The van der Waals surface area contributed by atoms with Gasteiger partial charge in [-0.3, -0.25) is 9.59 Å². The average molecular weight is 452 g/mol. The van der Waals surface area contributed by atoms with Gasteiger partial charge >= 0.3 is 0 Å². The van der Waals surface area contributed by atoms with Gasteiger partial charge in [0.1, 0.15) is 6.54 Å². The Morgan fingerprint density at radius 2 is 1.56 bits per heavy atom. The number of nitrogens with one attached hydrogen (secondary N) is 1. The molecule has 4 aromatic rings. The van der Waals surface area contributed by atoms with Gasteiger partial charge in [0.2, 0.25) is 5.91 Å². The van der Waals surface area contributed by atoms with Crippen LogP contribution in [0.2, 0.25) is 0 Å². The molecule has 34 heavy (non-hydrogen) atoms. The van der Waals surface area contributed by atoms with Crippen LogP contribution in [0.1, 0.15) is 48.3 Å². The lowest BCUT2D eigenvalue weighted by Gasteiger charge is -2.28. The van der Waals surface area contributed by atoms with Gasteiger partial charge in [-0.1, -0.05) is 66.7 Å². The third-order valence-corrected chi connectivity index (χ3v) is 6.35. The van der Waals surface area contributed by atoms with E-state index in [1.54, 1.807) is 4.90 Å². The number of fused-ring (bicyclic) bond motifs is 2. The molecule has 0 bridgehead atoms. The molecule has 5 heteroatoms. The summed E-state index contributed by atoms with van der Waals surface area (Å²) in [4.78, 5) is 28.3. The highest BCUT2D eigenvalue weighted by atomic mass is 16.2. The number of hydrogen-bond acceptors (Lipinski definition) is 2. The van der Waals surface area contributed by atoms with Crippen molar-refractivity contribution in [2.75, 3.05) is 6.54 Å². The molecule has 5 rings (SSSR count). The molecule has 172 valence electrons. The zero-order valence-corrected chi connectivity index (χ0v) is 20.0. The van der Waals surface area contributed by atoms with Crippen LogP contribution in [0.15, 0.2) is 78.9 Å². The fraction of sp³-hybridized carbons (Fsp3) is 0.241. The number of amides is 2. The van der Waals surface area contributed by atoms with Gasteiger partial charge in [-0.05, 0) is 44.0 Å². The Bertz CT molecular complexity index is 1400. The predicted octanol–water partition coefficient (Wildman–Crippen LogP) is 5.31. The SMILES string of the molecule is Cn1c(-c2ccccc2)c(C2c3ccccc3C(=O)N2CC(=O)NC(C)(C)C)c2ccccc21. The van der Waals surface area contributed by atoms with E-state index in [1.807, 2.05) is 75.4 Å². The van der Waals surface area contributed by atoms with Gasteiger partial charge in [0.15, 0.2) is 0 Å². The molecular weight excluding hydrogens is 422 g/mol. The first-order valence-corrected chi connectivity index (χ1v) is 11.6. The minimum atomic E-state index is -0.378. The van der Waals surface area contributed by atoms with Gasteiger partial charge in [-0.15, -0.1) is 0 Å². The Morgan fingerprint density at radius 1 is 0.912 bits per heavy atom. The molecule has 0 saturated carbocycles. The van der Waals surface area contributed by atoms with Crippen molar-refractivity contribution in [2.45, 2.75) is 32.4 Å². The topological polar surface area (TPSA) is 54.3 Å². The highest BCUT2D eigenvalue weighted by Gasteiger charge is 2.41. The van der Waals surface area contributed by atoms with Crippen LogP contribution in [0, 0.1) is 0 Å². The highest BCUT2D eigenvalue weighted by Crippen LogP contribution is 2.46. The maximum atomic E-state index is 13.6. The third kappa shape index (κ3) is 3.67. The summed E-state index contributed by atoms with van der Waals surface area (Å²) in [5, 5.41) is 4.10. The largest absolute Gasteiger partial charge is 0.350 e. The second-order valence-corrected chi connectivity index (χ2v) is 9.93. The maximum Gasteiger partial charge on any atom is 0.255 e. The number of para-hydroxylation sites is 1. The molecule has 5 nitrogen and oxygen atoms in total. The standard InChI is InChI=1S/C29H29N3O2/c1-29(2,3)30-24(33)18-32-27(20-14-8-9-15-21(20)28(32)34)25-22-16-10-11-17-23(22)31(4)26(25)19-12-6-5-7-13-19/h5-17,27H,18H2,1-4H3,(H,30,33). The third-order valence-electron chi connectivity index (χ3n) is 6.35. The van der Waals surface area contributed by atoms with Crippen molar-refractivity contribution in [3.63, 3.8) is 0 Å². The van der Waals surface area contributed by atoms with Crippen LogP contribution < -0.4 is 5.32 Å². The number of benzene rings is 3. The number of aromatic nitrogens is 1. The summed E-state index contributed by atoms with van der Waals surface area (Å²) in [5.74, 6) is -0.281. The van der Waals surface area contributed by atoms with Crippen LogP contribution in [0.3, 0.4) is 0 Å². The molecule has 1 aliphatic rings. The van der Waals surface area contributed by atoms with Crippen molar-refractivity contribution in [3.8, 4) is 11.3 Å². The molecule has 0 fully saturated rings. The molecular formula is C29H29N3O2. The second kappa shape index (κ2) is 8.17. The quantitative estimate of drug-likeness (QED) is 0.457. The summed E-state index contributed by atoms with van der Waals surface area (Å²) >= 11 is 0. The number of hydrogen-bond donors (Lipinski definition) is 1. The van der Waals surface area contributed by atoms with Crippen molar-refractivity contribution in [1.82, 2.24) is 14.8 Å². The zero-order chi connectivity index (χ0) is 24.0. The number of carbonyl (C=O) groups is 2. The Hall–Kier alpha value is -3.86. The Labute approximate surface area is 200 Å². The molecule has 0 radical (unpaired) electrons. The van der Waals surface area contributed by atoms with E-state index in [2.05, 4.69) is 41.2 Å².